The Hall–Kier alpha value is -2.70. The summed E-state index contributed by atoms with van der Waals surface area (Å²) in [4.78, 5) is 22.9. The van der Waals surface area contributed by atoms with E-state index in [-0.39, 0.29) is 30.1 Å². The van der Waals surface area contributed by atoms with Crippen molar-refractivity contribution >= 4 is 11.9 Å². The van der Waals surface area contributed by atoms with E-state index in [1.807, 2.05) is 44.2 Å². The standard InChI is InChI=1S/C15H18N4O3/c1-10(2)14(11-6-4-3-5-7-11)16-13(20)9-19-8-12(15(21)22)17-18-19/h3-8,10,14H,9H2,1-2H3,(H,16,20)(H,21,22). The molecule has 0 spiro atoms. The largest absolute Gasteiger partial charge is 0.476 e. The van der Waals surface area contributed by atoms with E-state index < -0.39 is 5.97 Å². The van der Waals surface area contributed by atoms with Crippen molar-refractivity contribution in [2.75, 3.05) is 0 Å². The molecule has 0 aliphatic heterocycles. The molecule has 7 nitrogen and oxygen atoms in total. The van der Waals surface area contributed by atoms with Crippen LogP contribution in [0.4, 0.5) is 0 Å². The molecule has 0 saturated carbocycles. The molecule has 0 bridgehead atoms. The van der Waals surface area contributed by atoms with Gasteiger partial charge in [-0.3, -0.25) is 4.79 Å². The Morgan fingerprint density at radius 1 is 1.27 bits per heavy atom. The van der Waals surface area contributed by atoms with Crippen LogP contribution in [0.25, 0.3) is 0 Å². The van der Waals surface area contributed by atoms with Crippen LogP contribution in [0.2, 0.25) is 0 Å². The first-order valence-corrected chi connectivity index (χ1v) is 6.95. The highest BCUT2D eigenvalue weighted by atomic mass is 16.4. The number of nitrogens with zero attached hydrogens (tertiary/aromatic N) is 3. The summed E-state index contributed by atoms with van der Waals surface area (Å²) in [5, 5.41) is 18.8. The molecule has 1 amide bonds. The molecule has 0 aliphatic rings. The summed E-state index contributed by atoms with van der Waals surface area (Å²) >= 11 is 0. The van der Waals surface area contributed by atoms with Crippen LogP contribution >= 0.6 is 0 Å². The first-order valence-electron chi connectivity index (χ1n) is 6.95. The smallest absolute Gasteiger partial charge is 0.358 e. The van der Waals surface area contributed by atoms with Gasteiger partial charge in [0, 0.05) is 0 Å². The van der Waals surface area contributed by atoms with Crippen LogP contribution in [0.3, 0.4) is 0 Å². The third-order valence-electron chi connectivity index (χ3n) is 3.21. The van der Waals surface area contributed by atoms with E-state index in [0.717, 1.165) is 5.56 Å². The van der Waals surface area contributed by atoms with Gasteiger partial charge in [-0.1, -0.05) is 49.4 Å². The van der Waals surface area contributed by atoms with Crippen LogP contribution in [0.15, 0.2) is 36.5 Å². The number of hydrogen-bond donors (Lipinski definition) is 2. The quantitative estimate of drug-likeness (QED) is 0.842. The highest BCUT2D eigenvalue weighted by Crippen LogP contribution is 2.21. The topological polar surface area (TPSA) is 97.1 Å². The Labute approximate surface area is 128 Å². The molecule has 0 saturated heterocycles. The van der Waals surface area contributed by atoms with Gasteiger partial charge in [-0.15, -0.1) is 5.10 Å². The van der Waals surface area contributed by atoms with Gasteiger partial charge in [-0.2, -0.15) is 0 Å². The third-order valence-corrected chi connectivity index (χ3v) is 3.21. The van der Waals surface area contributed by atoms with Crippen molar-refractivity contribution in [3.8, 4) is 0 Å². The number of amides is 1. The second kappa shape index (κ2) is 6.84. The second-order valence-electron chi connectivity index (χ2n) is 5.31. The molecule has 116 valence electrons. The Morgan fingerprint density at radius 2 is 1.95 bits per heavy atom. The van der Waals surface area contributed by atoms with Crippen molar-refractivity contribution < 1.29 is 14.7 Å². The number of aromatic nitrogens is 3. The van der Waals surface area contributed by atoms with Gasteiger partial charge in [0.1, 0.15) is 6.54 Å². The molecule has 2 N–H and O–H groups in total. The minimum absolute atomic E-state index is 0.0731. The summed E-state index contributed by atoms with van der Waals surface area (Å²) < 4.78 is 1.21. The zero-order chi connectivity index (χ0) is 16.1. The second-order valence-corrected chi connectivity index (χ2v) is 5.31. The average molecular weight is 302 g/mol. The monoisotopic (exact) mass is 302 g/mol. The lowest BCUT2D eigenvalue weighted by Crippen LogP contribution is -2.34. The molecule has 0 radical (unpaired) electrons. The number of nitrogens with one attached hydrogen (secondary N) is 1. The highest BCUT2D eigenvalue weighted by Gasteiger charge is 2.19. The van der Waals surface area contributed by atoms with Crippen LogP contribution in [-0.2, 0) is 11.3 Å². The normalized spacial score (nSPS) is 12.1. The highest BCUT2D eigenvalue weighted by molar-refractivity contribution is 5.84. The Bertz CT molecular complexity index is 652. The number of carboxylic acids is 1. The van der Waals surface area contributed by atoms with Crippen LogP contribution < -0.4 is 5.32 Å². The van der Waals surface area contributed by atoms with Gasteiger partial charge < -0.3 is 10.4 Å². The van der Waals surface area contributed by atoms with E-state index in [1.165, 1.54) is 10.9 Å². The maximum atomic E-state index is 12.1. The number of hydrogen-bond acceptors (Lipinski definition) is 4. The lowest BCUT2D eigenvalue weighted by molar-refractivity contribution is -0.123. The summed E-state index contributed by atoms with van der Waals surface area (Å²) in [6.45, 7) is 3.97. The molecule has 0 fully saturated rings. The number of carbonyl (C=O) groups is 2. The predicted octanol–water partition coefficient (Wildman–Crippen LogP) is 1.49. The van der Waals surface area contributed by atoms with E-state index in [2.05, 4.69) is 15.6 Å². The molecule has 1 aromatic carbocycles. The van der Waals surface area contributed by atoms with Crippen molar-refractivity contribution in [2.45, 2.75) is 26.4 Å². The molecular weight excluding hydrogens is 284 g/mol. The first kappa shape index (κ1) is 15.7. The zero-order valence-electron chi connectivity index (χ0n) is 12.4. The number of benzene rings is 1. The van der Waals surface area contributed by atoms with Gasteiger partial charge in [0.2, 0.25) is 5.91 Å². The van der Waals surface area contributed by atoms with E-state index in [0.29, 0.717) is 0 Å². The van der Waals surface area contributed by atoms with Crippen LogP contribution in [0.5, 0.6) is 0 Å². The maximum Gasteiger partial charge on any atom is 0.358 e. The Kier molecular flexibility index (Phi) is 4.88. The van der Waals surface area contributed by atoms with Crippen molar-refractivity contribution in [1.29, 1.82) is 0 Å². The van der Waals surface area contributed by atoms with E-state index in [9.17, 15) is 9.59 Å². The van der Waals surface area contributed by atoms with Gasteiger partial charge in [0.05, 0.1) is 12.2 Å². The molecular formula is C15H18N4O3. The summed E-state index contributed by atoms with van der Waals surface area (Å²) in [7, 11) is 0. The Morgan fingerprint density at radius 3 is 2.50 bits per heavy atom. The molecule has 1 aromatic heterocycles. The first-order chi connectivity index (χ1) is 10.5. The molecule has 2 rings (SSSR count). The lowest BCUT2D eigenvalue weighted by Gasteiger charge is -2.22. The molecule has 2 aromatic rings. The zero-order valence-corrected chi connectivity index (χ0v) is 12.4. The van der Waals surface area contributed by atoms with Crippen molar-refractivity contribution in [1.82, 2.24) is 20.3 Å². The Balaban J connectivity index is 2.03. The number of carbonyl (C=O) groups excluding carboxylic acids is 1. The summed E-state index contributed by atoms with van der Waals surface area (Å²) in [5.74, 6) is -1.20. The predicted molar refractivity (Wildman–Crippen MR) is 79.1 cm³/mol. The molecule has 1 unspecified atom stereocenters. The van der Waals surface area contributed by atoms with Gasteiger partial charge in [0.25, 0.3) is 0 Å². The van der Waals surface area contributed by atoms with Gasteiger partial charge in [0.15, 0.2) is 5.69 Å². The fourth-order valence-electron chi connectivity index (χ4n) is 2.14. The minimum atomic E-state index is -1.17. The fraction of sp³-hybridized carbons (Fsp3) is 0.333. The van der Waals surface area contributed by atoms with E-state index in [4.69, 9.17) is 5.11 Å². The average Bonchev–Trinajstić information content (AvgIpc) is 2.94. The van der Waals surface area contributed by atoms with E-state index in [1.54, 1.807) is 0 Å². The molecule has 1 heterocycles. The molecule has 22 heavy (non-hydrogen) atoms. The molecule has 0 aliphatic carbocycles. The molecule has 7 heteroatoms. The van der Waals surface area contributed by atoms with Crippen molar-refractivity contribution in [3.05, 3.63) is 47.8 Å². The van der Waals surface area contributed by atoms with Crippen molar-refractivity contribution in [3.63, 3.8) is 0 Å². The SMILES string of the molecule is CC(C)C(NC(=O)Cn1cc(C(=O)O)nn1)c1ccccc1. The third kappa shape index (κ3) is 3.91. The van der Waals surface area contributed by atoms with Gasteiger partial charge >= 0.3 is 5.97 Å². The van der Waals surface area contributed by atoms with Crippen LogP contribution in [0.1, 0.15) is 35.9 Å². The van der Waals surface area contributed by atoms with Crippen LogP contribution in [0, 0.1) is 5.92 Å². The minimum Gasteiger partial charge on any atom is -0.476 e. The van der Waals surface area contributed by atoms with Gasteiger partial charge in [-0.05, 0) is 11.5 Å². The molecule has 1 atom stereocenters. The maximum absolute atomic E-state index is 12.1. The van der Waals surface area contributed by atoms with Crippen molar-refractivity contribution in [2.24, 2.45) is 5.92 Å². The summed E-state index contributed by atoms with van der Waals surface area (Å²) in [6.07, 6.45) is 1.23. The van der Waals surface area contributed by atoms with E-state index >= 15 is 0 Å². The lowest BCUT2D eigenvalue weighted by atomic mass is 9.96. The fourth-order valence-corrected chi connectivity index (χ4v) is 2.14. The summed E-state index contributed by atoms with van der Waals surface area (Å²) in [6, 6.07) is 9.58. The number of rotatable bonds is 6. The number of aromatic carboxylic acids is 1. The van der Waals surface area contributed by atoms with Crippen LogP contribution in [-0.4, -0.2) is 32.0 Å². The van der Waals surface area contributed by atoms with Gasteiger partial charge in [-0.25, -0.2) is 9.48 Å². The number of carboxylic acid groups (broad SMARTS) is 1. The summed E-state index contributed by atoms with van der Waals surface area (Å²) in [5.41, 5.74) is 0.840.